The minimum absolute atomic E-state index is 0.0204. The third kappa shape index (κ3) is 3.42. The van der Waals surface area contributed by atoms with Crippen molar-refractivity contribution in [2.45, 2.75) is 44.6 Å². The molecule has 20 heavy (non-hydrogen) atoms. The van der Waals surface area contributed by atoms with Gasteiger partial charge in [-0.2, -0.15) is 0 Å². The van der Waals surface area contributed by atoms with Gasteiger partial charge in [0.15, 0.2) is 0 Å². The zero-order valence-corrected chi connectivity index (χ0v) is 11.8. The van der Waals surface area contributed by atoms with E-state index in [9.17, 15) is 9.59 Å². The zero-order chi connectivity index (χ0) is 14.5. The van der Waals surface area contributed by atoms with E-state index in [-0.39, 0.29) is 18.6 Å². The first kappa shape index (κ1) is 15.1. The SMILES string of the molecule is O=C(O)C1CCN(C(=O)N(CCCO)C2CCC2)CC1. The van der Waals surface area contributed by atoms with Crippen molar-refractivity contribution in [3.05, 3.63) is 0 Å². The van der Waals surface area contributed by atoms with Gasteiger partial charge in [0.05, 0.1) is 5.92 Å². The second-order valence-electron chi connectivity index (χ2n) is 5.74. The molecular formula is C14H24N2O4. The smallest absolute Gasteiger partial charge is 0.320 e. The number of carbonyl (C=O) groups is 2. The quantitative estimate of drug-likeness (QED) is 0.793. The first-order valence-electron chi connectivity index (χ1n) is 7.52. The molecule has 0 unspecified atom stereocenters. The molecule has 6 heteroatoms. The predicted octanol–water partition coefficient (Wildman–Crippen LogP) is 1.14. The van der Waals surface area contributed by atoms with E-state index in [2.05, 4.69) is 0 Å². The number of likely N-dealkylation sites (tertiary alicyclic amines) is 1. The maximum atomic E-state index is 12.5. The molecule has 2 N–H and O–H groups in total. The van der Waals surface area contributed by atoms with Crippen molar-refractivity contribution in [1.82, 2.24) is 9.80 Å². The van der Waals surface area contributed by atoms with Gasteiger partial charge in [0.2, 0.25) is 0 Å². The Hall–Kier alpha value is -1.30. The van der Waals surface area contributed by atoms with Gasteiger partial charge in [-0.1, -0.05) is 0 Å². The van der Waals surface area contributed by atoms with E-state index in [0.29, 0.717) is 44.9 Å². The Bertz CT molecular complexity index is 349. The molecule has 0 atom stereocenters. The van der Waals surface area contributed by atoms with Gasteiger partial charge < -0.3 is 20.0 Å². The Morgan fingerprint density at radius 2 is 1.80 bits per heavy atom. The van der Waals surface area contributed by atoms with Crippen LogP contribution < -0.4 is 0 Å². The van der Waals surface area contributed by atoms with Gasteiger partial charge >= 0.3 is 12.0 Å². The van der Waals surface area contributed by atoms with Crippen molar-refractivity contribution in [3.63, 3.8) is 0 Å². The summed E-state index contributed by atoms with van der Waals surface area (Å²) in [5, 5.41) is 17.9. The summed E-state index contributed by atoms with van der Waals surface area (Å²) in [4.78, 5) is 27.1. The third-order valence-electron chi connectivity index (χ3n) is 4.43. The Kier molecular flexibility index (Phi) is 5.23. The number of aliphatic hydroxyl groups is 1. The number of hydrogen-bond acceptors (Lipinski definition) is 3. The van der Waals surface area contributed by atoms with Crippen molar-refractivity contribution < 1.29 is 19.8 Å². The van der Waals surface area contributed by atoms with E-state index in [0.717, 1.165) is 19.3 Å². The molecule has 1 saturated carbocycles. The zero-order valence-electron chi connectivity index (χ0n) is 11.8. The maximum absolute atomic E-state index is 12.5. The molecule has 0 spiro atoms. The number of carbonyl (C=O) groups excluding carboxylic acids is 1. The second-order valence-corrected chi connectivity index (χ2v) is 5.74. The molecule has 2 amide bonds. The molecule has 2 aliphatic rings. The molecule has 0 bridgehead atoms. The number of hydrogen-bond donors (Lipinski definition) is 2. The average Bonchev–Trinajstić information content (AvgIpc) is 2.40. The molecule has 1 heterocycles. The van der Waals surface area contributed by atoms with Crippen molar-refractivity contribution in [3.8, 4) is 0 Å². The maximum Gasteiger partial charge on any atom is 0.320 e. The summed E-state index contributed by atoms with van der Waals surface area (Å²) in [6.07, 6.45) is 4.94. The minimum Gasteiger partial charge on any atom is -0.481 e. The van der Waals surface area contributed by atoms with Crippen LogP contribution in [0.2, 0.25) is 0 Å². The van der Waals surface area contributed by atoms with Gasteiger partial charge in [-0.25, -0.2) is 4.79 Å². The number of carboxylic acids is 1. The van der Waals surface area contributed by atoms with E-state index >= 15 is 0 Å². The standard InChI is InChI=1S/C14H24N2O4/c17-10-2-7-16(12-3-1-4-12)14(20)15-8-5-11(6-9-15)13(18)19/h11-12,17H,1-10H2,(H,18,19). The predicted molar refractivity (Wildman–Crippen MR) is 73.4 cm³/mol. The highest BCUT2D eigenvalue weighted by Crippen LogP contribution is 2.27. The molecule has 0 radical (unpaired) electrons. The van der Waals surface area contributed by atoms with Gasteiger partial charge in [-0.3, -0.25) is 4.79 Å². The number of carboxylic acid groups (broad SMARTS) is 1. The molecule has 0 aromatic rings. The highest BCUT2D eigenvalue weighted by atomic mass is 16.4. The molecule has 1 saturated heterocycles. The van der Waals surface area contributed by atoms with Crippen LogP contribution in [0.15, 0.2) is 0 Å². The lowest BCUT2D eigenvalue weighted by Gasteiger charge is -2.41. The molecular weight excluding hydrogens is 260 g/mol. The molecule has 1 aliphatic carbocycles. The summed E-state index contributed by atoms with van der Waals surface area (Å²) >= 11 is 0. The molecule has 0 aromatic heterocycles. The van der Waals surface area contributed by atoms with Crippen LogP contribution in [0.25, 0.3) is 0 Å². The van der Waals surface area contributed by atoms with Crippen LogP contribution in [-0.2, 0) is 4.79 Å². The Morgan fingerprint density at radius 1 is 1.15 bits per heavy atom. The van der Waals surface area contributed by atoms with Crippen molar-refractivity contribution in [2.75, 3.05) is 26.2 Å². The van der Waals surface area contributed by atoms with Crippen LogP contribution >= 0.6 is 0 Å². The first-order chi connectivity index (χ1) is 9.63. The lowest BCUT2D eigenvalue weighted by atomic mass is 9.91. The molecule has 114 valence electrons. The van der Waals surface area contributed by atoms with Crippen LogP contribution in [0.5, 0.6) is 0 Å². The van der Waals surface area contributed by atoms with Crippen LogP contribution in [0.3, 0.4) is 0 Å². The molecule has 0 aromatic carbocycles. The molecule has 6 nitrogen and oxygen atoms in total. The van der Waals surface area contributed by atoms with E-state index in [4.69, 9.17) is 10.2 Å². The summed E-state index contributed by atoms with van der Waals surface area (Å²) in [6, 6.07) is 0.332. The van der Waals surface area contributed by atoms with Gasteiger partial charge in [0, 0.05) is 32.3 Å². The highest BCUT2D eigenvalue weighted by Gasteiger charge is 2.33. The third-order valence-corrected chi connectivity index (χ3v) is 4.43. The number of aliphatic hydroxyl groups excluding tert-OH is 1. The van der Waals surface area contributed by atoms with Gasteiger partial charge in [-0.15, -0.1) is 0 Å². The van der Waals surface area contributed by atoms with Crippen molar-refractivity contribution in [1.29, 1.82) is 0 Å². The normalized spacial score (nSPS) is 20.6. The molecule has 1 aliphatic heterocycles. The Morgan fingerprint density at radius 3 is 2.25 bits per heavy atom. The number of nitrogens with zero attached hydrogens (tertiary/aromatic N) is 2. The van der Waals surface area contributed by atoms with Crippen molar-refractivity contribution in [2.24, 2.45) is 5.92 Å². The lowest BCUT2D eigenvalue weighted by Crippen LogP contribution is -2.53. The first-order valence-corrected chi connectivity index (χ1v) is 7.52. The van der Waals surface area contributed by atoms with E-state index in [1.165, 1.54) is 0 Å². The Balaban J connectivity index is 1.89. The largest absolute Gasteiger partial charge is 0.481 e. The molecule has 2 fully saturated rings. The fourth-order valence-electron chi connectivity index (χ4n) is 2.87. The second kappa shape index (κ2) is 6.92. The summed E-state index contributed by atoms with van der Waals surface area (Å²) < 4.78 is 0. The molecule has 2 rings (SSSR count). The van der Waals surface area contributed by atoms with Gasteiger partial charge in [-0.05, 0) is 38.5 Å². The number of aliphatic carboxylic acids is 1. The topological polar surface area (TPSA) is 81.1 Å². The lowest BCUT2D eigenvalue weighted by molar-refractivity contribution is -0.143. The summed E-state index contributed by atoms with van der Waals surface area (Å²) in [6.45, 7) is 1.74. The Labute approximate surface area is 119 Å². The summed E-state index contributed by atoms with van der Waals surface area (Å²) in [5.74, 6) is -1.07. The van der Waals surface area contributed by atoms with Crippen LogP contribution in [0, 0.1) is 5.92 Å². The monoisotopic (exact) mass is 284 g/mol. The fraction of sp³-hybridized carbons (Fsp3) is 0.857. The van der Waals surface area contributed by atoms with Crippen molar-refractivity contribution >= 4 is 12.0 Å². The van der Waals surface area contributed by atoms with E-state index in [1.54, 1.807) is 4.90 Å². The number of rotatable bonds is 5. The summed E-state index contributed by atoms with van der Waals surface area (Å²) in [5.41, 5.74) is 0. The van der Waals surface area contributed by atoms with Gasteiger partial charge in [0.25, 0.3) is 0 Å². The highest BCUT2D eigenvalue weighted by molar-refractivity contribution is 5.76. The van der Waals surface area contributed by atoms with E-state index in [1.807, 2.05) is 4.90 Å². The van der Waals surface area contributed by atoms with Crippen LogP contribution in [0.1, 0.15) is 38.5 Å². The fourth-order valence-corrected chi connectivity index (χ4v) is 2.87. The number of piperidine rings is 1. The number of amides is 2. The summed E-state index contributed by atoms with van der Waals surface area (Å²) in [7, 11) is 0. The average molecular weight is 284 g/mol. The van der Waals surface area contributed by atoms with E-state index < -0.39 is 5.97 Å². The van der Waals surface area contributed by atoms with Gasteiger partial charge in [0.1, 0.15) is 0 Å². The van der Waals surface area contributed by atoms with Crippen LogP contribution in [-0.4, -0.2) is 64.3 Å². The van der Waals surface area contributed by atoms with Crippen LogP contribution in [0.4, 0.5) is 4.79 Å². The minimum atomic E-state index is -0.756. The number of urea groups is 1.